The van der Waals surface area contributed by atoms with E-state index >= 15 is 0 Å². The van der Waals surface area contributed by atoms with Gasteiger partial charge in [-0.25, -0.2) is 4.79 Å². The minimum absolute atomic E-state index is 0.876. The standard InChI is InChI=1S/C11H19NO9/c1-3(14)5-8(17)6(12)9(7(16)4(15)2-13)21-11(5,20)10(18)19/h4-9,13,15-17,20H,2,12H2,1H3,(H,18,19)/t4-,5?,6-,7-,8+,9-,11+/m1/s1. The Labute approximate surface area is 119 Å². The highest BCUT2D eigenvalue weighted by molar-refractivity contribution is 5.88. The first-order valence-corrected chi connectivity index (χ1v) is 6.12. The third-order valence-corrected chi connectivity index (χ3v) is 3.51. The normalized spacial score (nSPS) is 39.6. The molecule has 1 unspecified atom stereocenters. The molecule has 1 heterocycles. The van der Waals surface area contributed by atoms with E-state index in [1.165, 1.54) is 0 Å². The highest BCUT2D eigenvalue weighted by Crippen LogP contribution is 2.35. The van der Waals surface area contributed by atoms with Crippen LogP contribution in [0, 0.1) is 5.92 Å². The molecule has 1 aliphatic rings. The van der Waals surface area contributed by atoms with Crippen LogP contribution in [0.15, 0.2) is 0 Å². The first-order chi connectivity index (χ1) is 9.57. The fraction of sp³-hybridized carbons (Fsp3) is 0.818. The number of carboxylic acid groups (broad SMARTS) is 1. The second-order valence-electron chi connectivity index (χ2n) is 4.98. The number of nitrogens with two attached hydrogens (primary N) is 1. The van der Waals surface area contributed by atoms with Gasteiger partial charge in [0.25, 0.3) is 5.79 Å². The molecule has 10 nitrogen and oxygen atoms in total. The number of carboxylic acids is 1. The van der Waals surface area contributed by atoms with Crippen molar-refractivity contribution in [1.82, 2.24) is 0 Å². The van der Waals surface area contributed by atoms with Crippen LogP contribution in [0.25, 0.3) is 0 Å². The van der Waals surface area contributed by atoms with Crippen molar-refractivity contribution >= 4 is 11.8 Å². The topological polar surface area (TPSA) is 191 Å². The van der Waals surface area contributed by atoms with Crippen LogP contribution in [-0.4, -0.2) is 85.2 Å². The summed E-state index contributed by atoms with van der Waals surface area (Å²) in [5, 5.41) is 56.9. The smallest absolute Gasteiger partial charge is 0.365 e. The Morgan fingerprint density at radius 2 is 1.90 bits per heavy atom. The zero-order valence-electron chi connectivity index (χ0n) is 11.2. The van der Waals surface area contributed by atoms with Gasteiger partial charge in [0.15, 0.2) is 0 Å². The Morgan fingerprint density at radius 3 is 2.29 bits per heavy atom. The summed E-state index contributed by atoms with van der Waals surface area (Å²) in [6.45, 7) is 0.0582. The predicted octanol–water partition coefficient (Wildman–Crippen LogP) is -4.23. The number of aliphatic hydroxyl groups is 5. The number of ketones is 1. The molecule has 1 aliphatic heterocycles. The minimum Gasteiger partial charge on any atom is -0.477 e. The van der Waals surface area contributed by atoms with E-state index in [0.717, 1.165) is 6.92 Å². The van der Waals surface area contributed by atoms with Crippen molar-refractivity contribution in [1.29, 1.82) is 0 Å². The molecule has 0 bridgehead atoms. The van der Waals surface area contributed by atoms with E-state index in [1.807, 2.05) is 0 Å². The summed E-state index contributed by atoms with van der Waals surface area (Å²) in [7, 11) is 0. The molecule has 0 saturated carbocycles. The fourth-order valence-electron chi connectivity index (χ4n) is 2.33. The summed E-state index contributed by atoms with van der Waals surface area (Å²) < 4.78 is 4.81. The maximum atomic E-state index is 11.5. The average Bonchev–Trinajstić information content (AvgIpc) is 2.40. The van der Waals surface area contributed by atoms with Crippen LogP contribution in [0.1, 0.15) is 6.92 Å². The molecule has 21 heavy (non-hydrogen) atoms. The van der Waals surface area contributed by atoms with Crippen molar-refractivity contribution in [2.24, 2.45) is 11.7 Å². The third-order valence-electron chi connectivity index (χ3n) is 3.51. The van der Waals surface area contributed by atoms with Gasteiger partial charge in [-0.05, 0) is 6.92 Å². The first-order valence-electron chi connectivity index (χ1n) is 6.12. The highest BCUT2D eigenvalue weighted by atomic mass is 16.7. The van der Waals surface area contributed by atoms with Gasteiger partial charge >= 0.3 is 5.97 Å². The van der Waals surface area contributed by atoms with Crippen LogP contribution < -0.4 is 5.73 Å². The van der Waals surface area contributed by atoms with Crippen LogP contribution in [0.3, 0.4) is 0 Å². The van der Waals surface area contributed by atoms with E-state index < -0.39 is 60.5 Å². The molecule has 0 radical (unpaired) electrons. The number of aliphatic carboxylic acids is 1. The average molecular weight is 309 g/mol. The molecule has 1 rings (SSSR count). The molecule has 122 valence electrons. The van der Waals surface area contributed by atoms with Gasteiger partial charge in [0.1, 0.15) is 30.0 Å². The van der Waals surface area contributed by atoms with Gasteiger partial charge in [0, 0.05) is 0 Å². The molecule has 0 aliphatic carbocycles. The van der Waals surface area contributed by atoms with Crippen LogP contribution in [-0.2, 0) is 14.3 Å². The number of ether oxygens (including phenoxy) is 1. The van der Waals surface area contributed by atoms with Gasteiger partial charge in [0.2, 0.25) is 0 Å². The third kappa shape index (κ3) is 3.06. The lowest BCUT2D eigenvalue weighted by molar-refractivity contribution is -0.311. The molecule has 0 aromatic carbocycles. The molecule has 0 aromatic rings. The number of carbonyl (C=O) groups is 2. The van der Waals surface area contributed by atoms with Crippen LogP contribution in [0.4, 0.5) is 0 Å². The van der Waals surface area contributed by atoms with Crippen molar-refractivity contribution in [2.45, 2.75) is 43.2 Å². The van der Waals surface area contributed by atoms with Crippen molar-refractivity contribution in [3.63, 3.8) is 0 Å². The first kappa shape index (κ1) is 17.9. The lowest BCUT2D eigenvalue weighted by atomic mass is 9.79. The molecule has 8 N–H and O–H groups in total. The van der Waals surface area contributed by atoms with Crippen LogP contribution in [0.5, 0.6) is 0 Å². The van der Waals surface area contributed by atoms with Gasteiger partial charge in [-0.3, -0.25) is 4.79 Å². The Bertz CT molecular complexity index is 416. The van der Waals surface area contributed by atoms with Crippen molar-refractivity contribution in [3.8, 4) is 0 Å². The van der Waals surface area contributed by atoms with Gasteiger partial charge in [0.05, 0.1) is 18.8 Å². The second-order valence-corrected chi connectivity index (χ2v) is 4.98. The second kappa shape index (κ2) is 6.32. The fourth-order valence-corrected chi connectivity index (χ4v) is 2.33. The number of Topliss-reactive ketones (excluding diaryl/α,β-unsaturated/α-hetero) is 1. The predicted molar refractivity (Wildman–Crippen MR) is 64.7 cm³/mol. The summed E-state index contributed by atoms with van der Waals surface area (Å²) in [5.74, 6) is -7.80. The van der Waals surface area contributed by atoms with E-state index in [4.69, 9.17) is 20.7 Å². The molecule has 1 fully saturated rings. The monoisotopic (exact) mass is 309 g/mol. The quantitative estimate of drug-likeness (QED) is 0.262. The number of hydrogen-bond donors (Lipinski definition) is 7. The molecule has 10 heteroatoms. The molecule has 1 saturated heterocycles. The SMILES string of the molecule is CC(=O)C1[C@H](O)[C@@H](N)[C@H]([C@H](O)[C@H](O)CO)O[C@]1(O)C(=O)O. The molecule has 0 spiro atoms. The molecule has 0 amide bonds. The lowest BCUT2D eigenvalue weighted by Crippen LogP contribution is -2.71. The van der Waals surface area contributed by atoms with Crippen molar-refractivity contribution in [3.05, 3.63) is 0 Å². The number of hydrogen-bond acceptors (Lipinski definition) is 9. The van der Waals surface area contributed by atoms with E-state index in [2.05, 4.69) is 0 Å². The number of aliphatic hydroxyl groups excluding tert-OH is 4. The summed E-state index contributed by atoms with van der Waals surface area (Å²) in [4.78, 5) is 22.6. The number of carbonyl (C=O) groups excluding carboxylic acids is 1. The maximum absolute atomic E-state index is 11.5. The lowest BCUT2D eigenvalue weighted by Gasteiger charge is -2.47. The van der Waals surface area contributed by atoms with Gasteiger partial charge in [-0.15, -0.1) is 0 Å². The largest absolute Gasteiger partial charge is 0.477 e. The van der Waals surface area contributed by atoms with Crippen LogP contribution >= 0.6 is 0 Å². The Kier molecular flexibility index (Phi) is 5.39. The van der Waals surface area contributed by atoms with Gasteiger partial charge in [-0.1, -0.05) is 0 Å². The van der Waals surface area contributed by atoms with Gasteiger partial charge < -0.3 is 41.1 Å². The number of rotatable bonds is 5. The summed E-state index contributed by atoms with van der Waals surface area (Å²) in [6.07, 6.45) is -7.15. The molecule has 0 aromatic heterocycles. The Morgan fingerprint density at radius 1 is 1.38 bits per heavy atom. The Balaban J connectivity index is 3.19. The molecular weight excluding hydrogens is 290 g/mol. The Hall–Kier alpha value is -1.14. The van der Waals surface area contributed by atoms with Crippen molar-refractivity contribution in [2.75, 3.05) is 6.61 Å². The van der Waals surface area contributed by atoms with E-state index in [0.29, 0.717) is 0 Å². The highest BCUT2D eigenvalue weighted by Gasteiger charge is 2.60. The van der Waals surface area contributed by atoms with Crippen LogP contribution in [0.2, 0.25) is 0 Å². The van der Waals surface area contributed by atoms with Crippen molar-refractivity contribution < 1.29 is 45.0 Å². The summed E-state index contributed by atoms with van der Waals surface area (Å²) in [6, 6.07) is -1.46. The zero-order chi connectivity index (χ0) is 16.5. The molecular formula is C11H19NO9. The summed E-state index contributed by atoms with van der Waals surface area (Å²) >= 11 is 0. The zero-order valence-corrected chi connectivity index (χ0v) is 11.2. The van der Waals surface area contributed by atoms with E-state index in [1.54, 1.807) is 0 Å². The summed E-state index contributed by atoms with van der Waals surface area (Å²) in [5.41, 5.74) is 5.58. The van der Waals surface area contributed by atoms with E-state index in [-0.39, 0.29) is 0 Å². The molecule has 7 atom stereocenters. The van der Waals surface area contributed by atoms with E-state index in [9.17, 15) is 30.0 Å². The van der Waals surface area contributed by atoms with Gasteiger partial charge in [-0.2, -0.15) is 0 Å². The maximum Gasteiger partial charge on any atom is 0.365 e. The minimum atomic E-state index is -3.11.